The number of carbonyl (C=O) groups excluding carboxylic acids is 1. The fraction of sp³-hybridized carbons (Fsp3) is 0.474. The average Bonchev–Trinajstić information content (AvgIpc) is 3.07. The van der Waals surface area contributed by atoms with Crippen LogP contribution in [-0.4, -0.2) is 55.3 Å². The summed E-state index contributed by atoms with van der Waals surface area (Å²) in [5.74, 6) is 0.790. The lowest BCUT2D eigenvalue weighted by atomic mass is 10.2. The van der Waals surface area contributed by atoms with Crippen molar-refractivity contribution in [1.29, 1.82) is 0 Å². The smallest absolute Gasteiger partial charge is 0.257 e. The summed E-state index contributed by atoms with van der Waals surface area (Å²) in [5, 5.41) is 5.39. The number of benzene rings is 1. The molecule has 1 aliphatic heterocycles. The number of methoxy groups -OCH3 is 2. The van der Waals surface area contributed by atoms with E-state index in [4.69, 9.17) is 14.2 Å². The van der Waals surface area contributed by atoms with E-state index in [1.54, 1.807) is 26.4 Å². The lowest BCUT2D eigenvalue weighted by Crippen LogP contribution is -2.44. The van der Waals surface area contributed by atoms with E-state index in [0.717, 1.165) is 25.3 Å². The zero-order chi connectivity index (χ0) is 20.3. The number of nitrogens with one attached hydrogen (secondary N) is 1. The van der Waals surface area contributed by atoms with Gasteiger partial charge >= 0.3 is 0 Å². The number of rotatable bonds is 6. The number of ether oxygens (including phenoxy) is 3. The Labute approximate surface area is 177 Å². The van der Waals surface area contributed by atoms with E-state index in [9.17, 15) is 4.79 Å². The molecule has 9 heteroatoms. The highest BCUT2D eigenvalue weighted by Gasteiger charge is 2.23. The molecule has 1 aromatic heterocycles. The fourth-order valence-corrected chi connectivity index (χ4v) is 4.50. The number of carbonyl (C=O) groups is 1. The Balaban J connectivity index is 1.67. The van der Waals surface area contributed by atoms with Crippen LogP contribution in [0.1, 0.15) is 29.9 Å². The van der Waals surface area contributed by atoms with Crippen molar-refractivity contribution in [1.82, 2.24) is 9.88 Å². The zero-order valence-electron chi connectivity index (χ0n) is 16.3. The summed E-state index contributed by atoms with van der Waals surface area (Å²) in [6, 6.07) is 3.32. The summed E-state index contributed by atoms with van der Waals surface area (Å²) in [6.45, 7) is 6.65. The molecular formula is C19H24BrN3O4S. The van der Waals surface area contributed by atoms with Gasteiger partial charge in [0.15, 0.2) is 5.13 Å². The van der Waals surface area contributed by atoms with E-state index in [-0.39, 0.29) is 18.1 Å². The lowest BCUT2D eigenvalue weighted by Gasteiger charge is -2.34. The highest BCUT2D eigenvalue weighted by molar-refractivity contribution is 9.10. The first-order valence-corrected chi connectivity index (χ1v) is 10.6. The number of nitrogens with zero attached hydrogens (tertiary/aromatic N) is 2. The molecule has 2 heterocycles. The molecule has 1 saturated heterocycles. The molecule has 1 fully saturated rings. The number of hydrogen-bond donors (Lipinski definition) is 1. The van der Waals surface area contributed by atoms with Gasteiger partial charge in [0.2, 0.25) is 0 Å². The van der Waals surface area contributed by atoms with E-state index in [2.05, 4.69) is 45.0 Å². The van der Waals surface area contributed by atoms with Crippen molar-refractivity contribution in [2.45, 2.75) is 32.6 Å². The van der Waals surface area contributed by atoms with Gasteiger partial charge in [0.05, 0.1) is 32.1 Å². The number of halogens is 1. The molecule has 0 bridgehead atoms. The molecular weight excluding hydrogens is 446 g/mol. The quantitative estimate of drug-likeness (QED) is 0.693. The molecule has 2 aromatic rings. The first-order chi connectivity index (χ1) is 13.4. The summed E-state index contributed by atoms with van der Waals surface area (Å²) in [4.78, 5) is 19.5. The molecule has 1 N–H and O–H groups in total. The topological polar surface area (TPSA) is 72.9 Å². The second-order valence-corrected chi connectivity index (χ2v) is 8.40. The SMILES string of the molecule is COc1cc(C(=O)Nc2nc(CN3C[C@@H](C)O[C@@H](C)C3)cs2)cc(OC)c1Br. The van der Waals surface area contributed by atoms with Crippen LogP contribution in [0.3, 0.4) is 0 Å². The van der Waals surface area contributed by atoms with Crippen LogP contribution in [0.4, 0.5) is 5.13 Å². The van der Waals surface area contributed by atoms with Crippen LogP contribution in [0.25, 0.3) is 0 Å². The van der Waals surface area contributed by atoms with Crippen molar-refractivity contribution in [3.05, 3.63) is 33.2 Å². The van der Waals surface area contributed by atoms with Crippen molar-refractivity contribution >= 4 is 38.3 Å². The van der Waals surface area contributed by atoms with Crippen molar-refractivity contribution in [3.8, 4) is 11.5 Å². The number of hydrogen-bond acceptors (Lipinski definition) is 7. The Morgan fingerprint density at radius 3 is 2.46 bits per heavy atom. The standard InChI is InChI=1S/C19H24BrN3O4S/c1-11-7-23(8-12(2)27-11)9-14-10-28-19(21-14)22-18(24)13-5-15(25-3)17(20)16(6-13)26-4/h5-6,10-12H,7-9H2,1-4H3,(H,21,22,24)/t11-,12+. The Morgan fingerprint density at radius 2 is 1.89 bits per heavy atom. The third-order valence-electron chi connectivity index (χ3n) is 4.36. The number of aromatic nitrogens is 1. The highest BCUT2D eigenvalue weighted by atomic mass is 79.9. The molecule has 0 spiro atoms. The van der Waals surface area contributed by atoms with Gasteiger partial charge in [0, 0.05) is 30.6 Å². The molecule has 0 aliphatic carbocycles. The maximum absolute atomic E-state index is 12.6. The Hall–Kier alpha value is -1.68. The van der Waals surface area contributed by atoms with Gasteiger partial charge in [-0.15, -0.1) is 11.3 Å². The van der Waals surface area contributed by atoms with Gasteiger partial charge in [-0.1, -0.05) is 0 Å². The summed E-state index contributed by atoms with van der Waals surface area (Å²) < 4.78 is 17.0. The normalized spacial score (nSPS) is 20.0. The number of anilines is 1. The van der Waals surface area contributed by atoms with Crippen molar-refractivity contribution < 1.29 is 19.0 Å². The Bertz CT molecular complexity index is 809. The van der Waals surface area contributed by atoms with Gasteiger partial charge < -0.3 is 14.2 Å². The summed E-state index contributed by atoms with van der Waals surface area (Å²) in [6.07, 6.45) is 0.424. The molecule has 1 amide bonds. The van der Waals surface area contributed by atoms with Gasteiger partial charge in [-0.3, -0.25) is 15.0 Å². The highest BCUT2D eigenvalue weighted by Crippen LogP contribution is 2.35. The third-order valence-corrected chi connectivity index (χ3v) is 5.95. The van der Waals surface area contributed by atoms with Gasteiger partial charge in [0.25, 0.3) is 5.91 Å². The summed E-state index contributed by atoms with van der Waals surface area (Å²) >= 11 is 4.82. The summed E-state index contributed by atoms with van der Waals surface area (Å²) in [7, 11) is 3.09. The lowest BCUT2D eigenvalue weighted by molar-refractivity contribution is -0.0707. The Kier molecular flexibility index (Phi) is 6.92. The number of amides is 1. The largest absolute Gasteiger partial charge is 0.495 e. The van der Waals surface area contributed by atoms with Gasteiger partial charge in [0.1, 0.15) is 16.0 Å². The molecule has 28 heavy (non-hydrogen) atoms. The number of morpholine rings is 1. The first-order valence-electron chi connectivity index (χ1n) is 8.94. The minimum atomic E-state index is -0.265. The second-order valence-electron chi connectivity index (χ2n) is 6.74. The average molecular weight is 470 g/mol. The van der Waals surface area contributed by atoms with Crippen LogP contribution < -0.4 is 14.8 Å². The third kappa shape index (κ3) is 5.02. The van der Waals surface area contributed by atoms with Crippen molar-refractivity contribution in [2.75, 3.05) is 32.6 Å². The van der Waals surface area contributed by atoms with E-state index in [0.29, 0.717) is 26.7 Å². The Morgan fingerprint density at radius 1 is 1.29 bits per heavy atom. The predicted octanol–water partition coefficient (Wildman–Crippen LogP) is 3.78. The van der Waals surface area contributed by atoms with Crippen LogP contribution in [0.2, 0.25) is 0 Å². The molecule has 1 aliphatic rings. The monoisotopic (exact) mass is 469 g/mol. The molecule has 152 valence electrons. The molecule has 3 rings (SSSR count). The van der Waals surface area contributed by atoms with Crippen LogP contribution in [0.15, 0.2) is 22.0 Å². The molecule has 0 radical (unpaired) electrons. The van der Waals surface area contributed by atoms with Crippen molar-refractivity contribution in [3.63, 3.8) is 0 Å². The van der Waals surface area contributed by atoms with Crippen LogP contribution in [0.5, 0.6) is 11.5 Å². The minimum absolute atomic E-state index is 0.212. The molecule has 0 unspecified atom stereocenters. The zero-order valence-corrected chi connectivity index (χ0v) is 18.7. The van der Waals surface area contributed by atoms with E-state index in [1.807, 2.05) is 5.38 Å². The van der Waals surface area contributed by atoms with E-state index < -0.39 is 0 Å². The maximum Gasteiger partial charge on any atom is 0.257 e. The maximum atomic E-state index is 12.6. The number of thiazole rings is 1. The summed E-state index contributed by atoms with van der Waals surface area (Å²) in [5.41, 5.74) is 1.37. The minimum Gasteiger partial charge on any atom is -0.495 e. The van der Waals surface area contributed by atoms with Gasteiger partial charge in [-0.05, 0) is 41.9 Å². The second kappa shape index (κ2) is 9.21. The van der Waals surface area contributed by atoms with Gasteiger partial charge in [-0.25, -0.2) is 4.98 Å². The van der Waals surface area contributed by atoms with Crippen molar-refractivity contribution in [2.24, 2.45) is 0 Å². The molecule has 2 atom stereocenters. The first kappa shape index (κ1) is 21.0. The van der Waals surface area contributed by atoms with E-state index >= 15 is 0 Å². The van der Waals surface area contributed by atoms with Crippen LogP contribution in [-0.2, 0) is 11.3 Å². The fourth-order valence-electron chi connectivity index (χ4n) is 3.25. The molecule has 7 nitrogen and oxygen atoms in total. The van der Waals surface area contributed by atoms with Gasteiger partial charge in [-0.2, -0.15) is 0 Å². The van der Waals surface area contributed by atoms with Crippen LogP contribution in [0, 0.1) is 0 Å². The predicted molar refractivity (Wildman–Crippen MR) is 113 cm³/mol. The molecule has 1 aromatic carbocycles. The van der Waals surface area contributed by atoms with Crippen LogP contribution >= 0.6 is 27.3 Å². The van der Waals surface area contributed by atoms with E-state index in [1.165, 1.54) is 11.3 Å². The molecule has 0 saturated carbocycles.